The molecule has 4 heteroatoms. The molecule has 2 N–H and O–H groups in total. The van der Waals surface area contributed by atoms with E-state index in [0.717, 1.165) is 11.8 Å². The number of hydrogen-bond donors (Lipinski definition) is 1. The molecule has 1 fully saturated rings. The highest BCUT2D eigenvalue weighted by atomic mass is 32.2. The number of nitrogens with zero attached hydrogens (tertiary/aromatic N) is 1. The molecule has 0 aromatic heterocycles. The Morgan fingerprint density at radius 1 is 1.73 bits per heavy atom. The van der Waals surface area contributed by atoms with Crippen LogP contribution in [0.15, 0.2) is 0 Å². The molecule has 11 heavy (non-hydrogen) atoms. The molecule has 1 aliphatic heterocycles. The highest BCUT2D eigenvalue weighted by molar-refractivity contribution is 7.99. The van der Waals surface area contributed by atoms with Crippen LogP contribution in [0.4, 0.5) is 0 Å². The third kappa shape index (κ3) is 3.42. The Balaban J connectivity index is 2.12. The van der Waals surface area contributed by atoms with E-state index < -0.39 is 0 Å². The predicted octanol–water partition coefficient (Wildman–Crippen LogP) is 0.314. The first-order chi connectivity index (χ1) is 5.33. The zero-order valence-electron chi connectivity index (χ0n) is 6.95. The van der Waals surface area contributed by atoms with Gasteiger partial charge in [0.25, 0.3) is 0 Å². The van der Waals surface area contributed by atoms with Gasteiger partial charge in [0.2, 0.25) is 0 Å². The Hall–Kier alpha value is 0.230. The molecule has 1 heterocycles. The number of rotatable bonds is 3. The van der Waals surface area contributed by atoms with E-state index in [4.69, 9.17) is 5.90 Å². The summed E-state index contributed by atoms with van der Waals surface area (Å²) in [6.45, 7) is 6.24. The molecule has 66 valence electrons. The summed E-state index contributed by atoms with van der Waals surface area (Å²) in [4.78, 5) is 6.93. The molecule has 0 radical (unpaired) electrons. The number of nitrogens with two attached hydrogens (primary N) is 1. The molecule has 0 spiro atoms. The topological polar surface area (TPSA) is 38.5 Å². The van der Waals surface area contributed by atoms with Gasteiger partial charge in [-0.05, 0) is 0 Å². The average Bonchev–Trinajstić information content (AvgIpc) is 2.01. The van der Waals surface area contributed by atoms with Crippen molar-refractivity contribution in [3.8, 4) is 0 Å². The van der Waals surface area contributed by atoms with Gasteiger partial charge in [-0.3, -0.25) is 4.90 Å². The molecular formula is C7H16N2OS. The van der Waals surface area contributed by atoms with Crippen LogP contribution in [-0.4, -0.2) is 42.1 Å². The van der Waals surface area contributed by atoms with Crippen LogP contribution in [0.2, 0.25) is 0 Å². The second-order valence-electron chi connectivity index (χ2n) is 2.85. The summed E-state index contributed by atoms with van der Waals surface area (Å²) in [7, 11) is 0. The van der Waals surface area contributed by atoms with Crippen LogP contribution in [0.5, 0.6) is 0 Å². The second-order valence-corrected chi connectivity index (χ2v) is 4.40. The summed E-state index contributed by atoms with van der Waals surface area (Å²) in [6.07, 6.45) is 0. The Kier molecular flexibility index (Phi) is 4.22. The molecule has 0 aliphatic carbocycles. The van der Waals surface area contributed by atoms with Crippen LogP contribution in [0, 0.1) is 0 Å². The van der Waals surface area contributed by atoms with Crippen molar-refractivity contribution < 1.29 is 4.84 Å². The lowest BCUT2D eigenvalue weighted by atomic mass is 10.4. The van der Waals surface area contributed by atoms with E-state index in [0.29, 0.717) is 6.61 Å². The second kappa shape index (κ2) is 4.98. The van der Waals surface area contributed by atoms with E-state index in [1.54, 1.807) is 0 Å². The summed E-state index contributed by atoms with van der Waals surface area (Å²) in [5.41, 5.74) is 0. The molecule has 3 nitrogen and oxygen atoms in total. The van der Waals surface area contributed by atoms with E-state index in [9.17, 15) is 0 Å². The maximum Gasteiger partial charge on any atom is 0.0806 e. The molecule has 0 aromatic carbocycles. The van der Waals surface area contributed by atoms with Gasteiger partial charge < -0.3 is 4.84 Å². The molecule has 1 saturated heterocycles. The Labute approximate surface area is 72.2 Å². The fraction of sp³-hybridized carbons (Fsp3) is 1.00. The molecule has 0 bridgehead atoms. The predicted molar refractivity (Wildman–Crippen MR) is 48.5 cm³/mol. The van der Waals surface area contributed by atoms with Crippen LogP contribution < -0.4 is 5.90 Å². The smallest absolute Gasteiger partial charge is 0.0806 e. The normalized spacial score (nSPS) is 27.3. The van der Waals surface area contributed by atoms with Crippen molar-refractivity contribution in [2.75, 3.05) is 32.0 Å². The minimum Gasteiger partial charge on any atom is -0.303 e. The Bertz CT molecular complexity index is 113. The van der Waals surface area contributed by atoms with E-state index in [1.807, 2.05) is 11.8 Å². The minimum absolute atomic E-state index is 0.650. The molecule has 0 aromatic rings. The first kappa shape index (κ1) is 9.32. The van der Waals surface area contributed by atoms with Crippen molar-refractivity contribution in [1.82, 2.24) is 4.90 Å². The zero-order valence-corrected chi connectivity index (χ0v) is 7.77. The molecule has 1 aliphatic rings. The minimum atomic E-state index is 0.650. The van der Waals surface area contributed by atoms with Gasteiger partial charge in [-0.2, -0.15) is 11.8 Å². The van der Waals surface area contributed by atoms with Gasteiger partial charge in [-0.25, -0.2) is 5.90 Å². The summed E-state index contributed by atoms with van der Waals surface area (Å²) >= 11 is 2.04. The fourth-order valence-corrected chi connectivity index (χ4v) is 2.36. The van der Waals surface area contributed by atoms with Crippen molar-refractivity contribution >= 4 is 11.8 Å². The molecule has 1 rings (SSSR count). The maximum atomic E-state index is 4.95. The Morgan fingerprint density at radius 2 is 2.55 bits per heavy atom. The lowest BCUT2D eigenvalue weighted by Gasteiger charge is -2.29. The maximum absolute atomic E-state index is 4.95. The third-order valence-corrected chi connectivity index (χ3v) is 2.99. The van der Waals surface area contributed by atoms with Crippen LogP contribution >= 0.6 is 11.8 Å². The monoisotopic (exact) mass is 176 g/mol. The van der Waals surface area contributed by atoms with Crippen LogP contribution in [-0.2, 0) is 4.84 Å². The van der Waals surface area contributed by atoms with E-state index in [-0.39, 0.29) is 0 Å². The van der Waals surface area contributed by atoms with Crippen molar-refractivity contribution in [2.45, 2.75) is 12.2 Å². The summed E-state index contributed by atoms with van der Waals surface area (Å²) in [5.74, 6) is 6.19. The van der Waals surface area contributed by atoms with Crippen LogP contribution in [0.3, 0.4) is 0 Å². The van der Waals surface area contributed by atoms with Crippen LogP contribution in [0.25, 0.3) is 0 Å². The van der Waals surface area contributed by atoms with Gasteiger partial charge in [0.05, 0.1) is 6.61 Å². The lowest BCUT2D eigenvalue weighted by Crippen LogP contribution is -2.38. The standard InChI is InChI=1S/C7H16N2OS/c1-7-6-9(2-4-10-8)3-5-11-7/h7H,2-6,8H2,1H3. The van der Waals surface area contributed by atoms with Gasteiger partial charge in [0, 0.05) is 30.6 Å². The highest BCUT2D eigenvalue weighted by Gasteiger charge is 2.15. The SMILES string of the molecule is CC1CN(CCON)CCS1. The fourth-order valence-electron chi connectivity index (χ4n) is 1.28. The Morgan fingerprint density at radius 3 is 3.18 bits per heavy atom. The first-order valence-corrected chi connectivity index (χ1v) is 5.03. The van der Waals surface area contributed by atoms with Crippen molar-refractivity contribution in [3.63, 3.8) is 0 Å². The third-order valence-electron chi connectivity index (χ3n) is 1.85. The number of thioether (sulfide) groups is 1. The van der Waals surface area contributed by atoms with Gasteiger partial charge >= 0.3 is 0 Å². The molecule has 0 amide bonds. The highest BCUT2D eigenvalue weighted by Crippen LogP contribution is 2.16. The van der Waals surface area contributed by atoms with E-state index in [2.05, 4.69) is 16.7 Å². The average molecular weight is 176 g/mol. The van der Waals surface area contributed by atoms with Crippen molar-refractivity contribution in [1.29, 1.82) is 0 Å². The van der Waals surface area contributed by atoms with E-state index >= 15 is 0 Å². The summed E-state index contributed by atoms with van der Waals surface area (Å²) < 4.78 is 0. The van der Waals surface area contributed by atoms with Crippen LogP contribution in [0.1, 0.15) is 6.92 Å². The molecule has 0 saturated carbocycles. The molecule has 1 unspecified atom stereocenters. The molecule has 1 atom stereocenters. The van der Waals surface area contributed by atoms with Gasteiger partial charge in [0.15, 0.2) is 0 Å². The van der Waals surface area contributed by atoms with Gasteiger partial charge in [0.1, 0.15) is 0 Å². The zero-order chi connectivity index (χ0) is 8.10. The quantitative estimate of drug-likeness (QED) is 0.628. The van der Waals surface area contributed by atoms with Crippen molar-refractivity contribution in [3.05, 3.63) is 0 Å². The van der Waals surface area contributed by atoms with E-state index in [1.165, 1.54) is 18.8 Å². The summed E-state index contributed by atoms with van der Waals surface area (Å²) in [5, 5.41) is 0.765. The van der Waals surface area contributed by atoms with Gasteiger partial charge in [-0.1, -0.05) is 6.92 Å². The lowest BCUT2D eigenvalue weighted by molar-refractivity contribution is 0.107. The van der Waals surface area contributed by atoms with Gasteiger partial charge in [-0.15, -0.1) is 0 Å². The van der Waals surface area contributed by atoms with Crippen molar-refractivity contribution in [2.24, 2.45) is 5.90 Å². The summed E-state index contributed by atoms with van der Waals surface area (Å²) in [6, 6.07) is 0. The number of hydrogen-bond acceptors (Lipinski definition) is 4. The molecular weight excluding hydrogens is 160 g/mol. The largest absolute Gasteiger partial charge is 0.303 e. The first-order valence-electron chi connectivity index (χ1n) is 3.98.